The van der Waals surface area contributed by atoms with Gasteiger partial charge in [0.15, 0.2) is 5.11 Å². The second-order valence-corrected chi connectivity index (χ2v) is 5.41. The van der Waals surface area contributed by atoms with E-state index in [1.807, 2.05) is 0 Å². The molecular weight excluding hydrogens is 352 g/mol. The molecule has 24 heavy (non-hydrogen) atoms. The third-order valence-electron chi connectivity index (χ3n) is 3.03. The SMILES string of the molecule is COc1ccc(C(=O)[O-])cc1NC(=S)NC(=O)c1ccccc1Cl. The van der Waals surface area contributed by atoms with Gasteiger partial charge < -0.3 is 20.0 Å². The van der Waals surface area contributed by atoms with Gasteiger partial charge in [0.1, 0.15) is 5.75 Å². The lowest BCUT2D eigenvalue weighted by Crippen LogP contribution is -2.34. The Labute approximate surface area is 148 Å². The Balaban J connectivity index is 2.15. The molecule has 0 radical (unpaired) electrons. The van der Waals surface area contributed by atoms with Crippen molar-refractivity contribution in [1.82, 2.24) is 5.32 Å². The maximum atomic E-state index is 12.1. The van der Waals surface area contributed by atoms with Gasteiger partial charge in [0.25, 0.3) is 5.91 Å². The van der Waals surface area contributed by atoms with E-state index in [0.717, 1.165) is 0 Å². The number of carboxylic acid groups (broad SMARTS) is 1. The Hall–Kier alpha value is -2.64. The van der Waals surface area contributed by atoms with Crippen molar-refractivity contribution in [2.75, 3.05) is 12.4 Å². The van der Waals surface area contributed by atoms with Crippen LogP contribution in [-0.4, -0.2) is 24.1 Å². The number of benzene rings is 2. The lowest BCUT2D eigenvalue weighted by Gasteiger charge is -2.14. The van der Waals surface area contributed by atoms with Crippen LogP contribution in [0.25, 0.3) is 0 Å². The molecule has 2 aromatic carbocycles. The first-order valence-corrected chi connectivity index (χ1v) is 7.47. The standard InChI is InChI=1S/C16H13ClN2O4S/c1-23-13-7-6-9(15(21)22)8-12(13)18-16(24)19-14(20)10-4-2-3-5-11(10)17/h2-8H,1H3,(H,21,22)(H2,18,19,20,24)/p-1. The third kappa shape index (κ3) is 4.21. The van der Waals surface area contributed by atoms with E-state index >= 15 is 0 Å². The molecule has 0 saturated carbocycles. The number of aromatic carboxylic acids is 1. The van der Waals surface area contributed by atoms with Crippen molar-refractivity contribution >= 4 is 46.5 Å². The maximum Gasteiger partial charge on any atom is 0.258 e. The summed E-state index contributed by atoms with van der Waals surface area (Å²) in [4.78, 5) is 23.1. The number of hydrogen-bond donors (Lipinski definition) is 2. The molecule has 0 aliphatic rings. The van der Waals surface area contributed by atoms with Gasteiger partial charge in [-0.2, -0.15) is 0 Å². The van der Waals surface area contributed by atoms with E-state index in [9.17, 15) is 14.7 Å². The number of thiocarbonyl (C=S) groups is 1. The number of carbonyl (C=O) groups excluding carboxylic acids is 2. The summed E-state index contributed by atoms with van der Waals surface area (Å²) in [5.41, 5.74) is 0.487. The summed E-state index contributed by atoms with van der Waals surface area (Å²) in [6, 6.07) is 10.6. The zero-order chi connectivity index (χ0) is 17.7. The highest BCUT2D eigenvalue weighted by atomic mass is 35.5. The number of anilines is 1. The van der Waals surface area contributed by atoms with E-state index in [4.69, 9.17) is 28.6 Å². The topological polar surface area (TPSA) is 90.5 Å². The smallest absolute Gasteiger partial charge is 0.258 e. The Bertz CT molecular complexity index is 810. The molecule has 0 aliphatic carbocycles. The first-order valence-electron chi connectivity index (χ1n) is 6.68. The zero-order valence-electron chi connectivity index (χ0n) is 12.5. The second-order valence-electron chi connectivity index (χ2n) is 4.59. The molecule has 0 spiro atoms. The molecule has 1 amide bonds. The fraction of sp³-hybridized carbons (Fsp3) is 0.0625. The van der Waals surface area contributed by atoms with Gasteiger partial charge in [-0.15, -0.1) is 0 Å². The van der Waals surface area contributed by atoms with E-state index in [1.165, 1.54) is 25.3 Å². The summed E-state index contributed by atoms with van der Waals surface area (Å²) < 4.78 is 5.12. The van der Waals surface area contributed by atoms with Crippen LogP contribution in [0.1, 0.15) is 20.7 Å². The van der Waals surface area contributed by atoms with Crippen molar-refractivity contribution in [1.29, 1.82) is 0 Å². The monoisotopic (exact) mass is 363 g/mol. The van der Waals surface area contributed by atoms with E-state index in [2.05, 4.69) is 10.6 Å². The lowest BCUT2D eigenvalue weighted by molar-refractivity contribution is -0.255. The first kappa shape index (κ1) is 17.7. The minimum atomic E-state index is -1.34. The van der Waals surface area contributed by atoms with Gasteiger partial charge in [-0.3, -0.25) is 10.1 Å². The van der Waals surface area contributed by atoms with Crippen molar-refractivity contribution < 1.29 is 19.4 Å². The van der Waals surface area contributed by atoms with Crippen molar-refractivity contribution in [2.24, 2.45) is 0 Å². The summed E-state index contributed by atoms with van der Waals surface area (Å²) in [5.74, 6) is -1.48. The molecule has 0 atom stereocenters. The van der Waals surface area contributed by atoms with Gasteiger partial charge in [-0.05, 0) is 48.1 Å². The minimum Gasteiger partial charge on any atom is -0.545 e. The van der Waals surface area contributed by atoms with Gasteiger partial charge in [-0.25, -0.2) is 0 Å². The number of carbonyl (C=O) groups is 2. The summed E-state index contributed by atoms with van der Waals surface area (Å²) in [7, 11) is 1.42. The molecule has 0 bridgehead atoms. The van der Waals surface area contributed by atoms with E-state index in [1.54, 1.807) is 24.3 Å². The molecule has 6 nitrogen and oxygen atoms in total. The fourth-order valence-corrected chi connectivity index (χ4v) is 2.33. The maximum absolute atomic E-state index is 12.1. The molecule has 0 aliphatic heterocycles. The molecule has 0 aromatic heterocycles. The van der Waals surface area contributed by atoms with Crippen LogP contribution >= 0.6 is 23.8 Å². The van der Waals surface area contributed by atoms with Crippen molar-refractivity contribution in [2.45, 2.75) is 0 Å². The highest BCUT2D eigenvalue weighted by Crippen LogP contribution is 2.25. The number of halogens is 1. The zero-order valence-corrected chi connectivity index (χ0v) is 14.0. The predicted octanol–water partition coefficient (Wildman–Crippen LogP) is 1.84. The normalized spacial score (nSPS) is 9.92. The summed E-state index contributed by atoms with van der Waals surface area (Å²) >= 11 is 11.0. The van der Waals surface area contributed by atoms with Gasteiger partial charge in [0.05, 0.1) is 29.4 Å². The fourth-order valence-electron chi connectivity index (χ4n) is 1.90. The van der Waals surface area contributed by atoms with Gasteiger partial charge >= 0.3 is 0 Å². The molecule has 124 valence electrons. The van der Waals surface area contributed by atoms with E-state index < -0.39 is 11.9 Å². The van der Waals surface area contributed by atoms with Crippen molar-refractivity contribution in [3.05, 3.63) is 58.6 Å². The van der Waals surface area contributed by atoms with Crippen LogP contribution in [0, 0.1) is 0 Å². The van der Waals surface area contributed by atoms with Crippen LogP contribution < -0.4 is 20.5 Å². The van der Waals surface area contributed by atoms with Gasteiger partial charge in [0.2, 0.25) is 0 Å². The number of methoxy groups -OCH3 is 1. The van der Waals surface area contributed by atoms with Crippen LogP contribution in [0.5, 0.6) is 5.75 Å². The Morgan fingerprint density at radius 1 is 1.21 bits per heavy atom. The minimum absolute atomic E-state index is 0.0336. The highest BCUT2D eigenvalue weighted by Gasteiger charge is 2.13. The molecule has 0 unspecified atom stereocenters. The first-order chi connectivity index (χ1) is 11.4. The summed E-state index contributed by atoms with van der Waals surface area (Å²) in [6.45, 7) is 0. The number of ether oxygens (including phenoxy) is 1. The molecule has 2 aromatic rings. The molecule has 2 N–H and O–H groups in total. The molecular formula is C16H12ClN2O4S-. The van der Waals surface area contributed by atoms with E-state index in [0.29, 0.717) is 5.75 Å². The third-order valence-corrected chi connectivity index (χ3v) is 3.56. The molecule has 2 rings (SSSR count). The van der Waals surface area contributed by atoms with Gasteiger partial charge in [-0.1, -0.05) is 23.7 Å². The quantitative estimate of drug-likeness (QED) is 0.805. The van der Waals surface area contributed by atoms with Crippen LogP contribution in [0.15, 0.2) is 42.5 Å². The largest absolute Gasteiger partial charge is 0.545 e. The van der Waals surface area contributed by atoms with Crippen LogP contribution in [0.2, 0.25) is 5.02 Å². The van der Waals surface area contributed by atoms with Crippen LogP contribution in [0.3, 0.4) is 0 Å². The second kappa shape index (κ2) is 7.76. The van der Waals surface area contributed by atoms with Gasteiger partial charge in [0, 0.05) is 0 Å². The average Bonchev–Trinajstić information content (AvgIpc) is 2.54. The summed E-state index contributed by atoms with van der Waals surface area (Å²) in [5, 5.41) is 16.4. The van der Waals surface area contributed by atoms with E-state index in [-0.39, 0.29) is 26.9 Å². The Kier molecular flexibility index (Phi) is 5.73. The highest BCUT2D eigenvalue weighted by molar-refractivity contribution is 7.80. The van der Waals surface area contributed by atoms with Crippen molar-refractivity contribution in [3.8, 4) is 5.75 Å². The number of nitrogens with one attached hydrogen (secondary N) is 2. The molecule has 0 heterocycles. The van der Waals surface area contributed by atoms with Crippen LogP contribution in [-0.2, 0) is 0 Å². The molecule has 0 saturated heterocycles. The Morgan fingerprint density at radius 2 is 1.92 bits per heavy atom. The van der Waals surface area contributed by atoms with Crippen LogP contribution in [0.4, 0.5) is 5.69 Å². The van der Waals surface area contributed by atoms with Crippen molar-refractivity contribution in [3.63, 3.8) is 0 Å². The number of rotatable bonds is 4. The summed E-state index contributed by atoms with van der Waals surface area (Å²) in [6.07, 6.45) is 0. The molecule has 0 fully saturated rings. The lowest BCUT2D eigenvalue weighted by atomic mass is 10.2. The number of carboxylic acids is 1. The average molecular weight is 364 g/mol. The predicted molar refractivity (Wildman–Crippen MR) is 92.5 cm³/mol. The number of amides is 1. The molecule has 8 heteroatoms. The Morgan fingerprint density at radius 3 is 2.54 bits per heavy atom. The number of hydrogen-bond acceptors (Lipinski definition) is 5.